The Bertz CT molecular complexity index is 796. The second kappa shape index (κ2) is 9.73. The van der Waals surface area contributed by atoms with Crippen molar-refractivity contribution >= 4 is 17.5 Å². The zero-order chi connectivity index (χ0) is 20.9. The number of nitrogens with zero attached hydrogens (tertiary/aromatic N) is 2. The first-order valence-corrected chi connectivity index (χ1v) is 11.4. The lowest BCUT2D eigenvalue weighted by Crippen LogP contribution is -2.48. The van der Waals surface area contributed by atoms with Gasteiger partial charge in [0.25, 0.3) is 5.91 Å². The van der Waals surface area contributed by atoms with Crippen LogP contribution in [0.5, 0.6) is 0 Å². The molecule has 1 atom stereocenters. The Kier molecular flexibility index (Phi) is 6.82. The van der Waals surface area contributed by atoms with E-state index >= 15 is 0 Å². The van der Waals surface area contributed by atoms with Crippen molar-refractivity contribution in [1.29, 1.82) is 0 Å². The van der Waals surface area contributed by atoms with Crippen LogP contribution in [0.3, 0.4) is 0 Å². The smallest absolute Gasteiger partial charge is 0.254 e. The van der Waals surface area contributed by atoms with Crippen molar-refractivity contribution in [2.24, 2.45) is 5.92 Å². The summed E-state index contributed by atoms with van der Waals surface area (Å²) in [6.07, 6.45) is 12.3. The largest absolute Gasteiger partial charge is 0.339 e. The van der Waals surface area contributed by atoms with Crippen molar-refractivity contribution in [3.05, 3.63) is 41.7 Å². The van der Waals surface area contributed by atoms with Gasteiger partial charge in [-0.25, -0.2) is 4.39 Å². The van der Waals surface area contributed by atoms with Crippen LogP contribution < -0.4 is 5.32 Å². The molecule has 3 aliphatic rings. The first-order chi connectivity index (χ1) is 14.6. The number of carbonyl (C=O) groups is 2. The molecule has 1 aromatic carbocycles. The van der Waals surface area contributed by atoms with Crippen LogP contribution in [0.25, 0.3) is 0 Å². The molecule has 6 heteroatoms. The summed E-state index contributed by atoms with van der Waals surface area (Å²) in [4.78, 5) is 29.9. The highest BCUT2D eigenvalue weighted by Crippen LogP contribution is 2.24. The van der Waals surface area contributed by atoms with Gasteiger partial charge in [-0.15, -0.1) is 0 Å². The lowest BCUT2D eigenvalue weighted by atomic mass is 9.93. The summed E-state index contributed by atoms with van der Waals surface area (Å²) in [6.45, 7) is 3.74. The van der Waals surface area contributed by atoms with Gasteiger partial charge in [0.15, 0.2) is 0 Å². The second-order valence-electron chi connectivity index (χ2n) is 8.82. The van der Waals surface area contributed by atoms with E-state index in [1.807, 2.05) is 11.0 Å². The fourth-order valence-corrected chi connectivity index (χ4v) is 4.96. The number of nitrogens with one attached hydrogen (secondary N) is 1. The molecule has 0 bridgehead atoms. The maximum atomic E-state index is 14.2. The summed E-state index contributed by atoms with van der Waals surface area (Å²) in [5.41, 5.74) is 0.673. The maximum Gasteiger partial charge on any atom is 0.254 e. The maximum absolute atomic E-state index is 14.2. The topological polar surface area (TPSA) is 52.7 Å². The predicted molar refractivity (Wildman–Crippen MR) is 116 cm³/mol. The van der Waals surface area contributed by atoms with Gasteiger partial charge < -0.3 is 15.1 Å². The highest BCUT2D eigenvalue weighted by molar-refractivity contribution is 5.97. The molecule has 1 N–H and O–H groups in total. The number of carbonyl (C=O) groups excluding carboxylic acids is 2. The van der Waals surface area contributed by atoms with Crippen LogP contribution in [0.1, 0.15) is 61.7 Å². The van der Waals surface area contributed by atoms with Crippen molar-refractivity contribution < 1.29 is 14.0 Å². The molecule has 2 saturated heterocycles. The van der Waals surface area contributed by atoms with Gasteiger partial charge in [-0.1, -0.05) is 18.6 Å². The van der Waals surface area contributed by atoms with E-state index in [1.54, 1.807) is 6.07 Å². The van der Waals surface area contributed by atoms with E-state index in [0.29, 0.717) is 36.8 Å². The monoisotopic (exact) mass is 413 g/mol. The molecular weight excluding hydrogens is 381 g/mol. The minimum absolute atomic E-state index is 0.0914. The quantitative estimate of drug-likeness (QED) is 0.753. The first-order valence-electron chi connectivity index (χ1n) is 11.4. The fraction of sp³-hybridized carbons (Fsp3) is 0.583. The molecule has 2 heterocycles. The predicted octanol–water partition coefficient (Wildman–Crippen LogP) is 4.21. The van der Waals surface area contributed by atoms with Gasteiger partial charge in [0.2, 0.25) is 5.91 Å². The number of anilines is 1. The molecule has 2 fully saturated rings. The zero-order valence-corrected chi connectivity index (χ0v) is 17.6. The van der Waals surface area contributed by atoms with Gasteiger partial charge in [0.1, 0.15) is 5.82 Å². The number of amides is 2. The average Bonchev–Trinajstić information content (AvgIpc) is 2.79. The van der Waals surface area contributed by atoms with Crippen molar-refractivity contribution in [1.82, 2.24) is 9.80 Å². The molecule has 0 aromatic heterocycles. The molecule has 2 amide bonds. The second-order valence-corrected chi connectivity index (χ2v) is 8.82. The molecule has 0 saturated carbocycles. The first kappa shape index (κ1) is 21.0. The number of rotatable bonds is 4. The molecule has 1 unspecified atom stereocenters. The number of hydrogen-bond donors (Lipinski definition) is 1. The lowest BCUT2D eigenvalue weighted by molar-refractivity contribution is -0.120. The van der Waals surface area contributed by atoms with Crippen LogP contribution in [-0.4, -0.2) is 53.8 Å². The minimum Gasteiger partial charge on any atom is -0.339 e. The fourth-order valence-electron chi connectivity index (χ4n) is 4.96. The van der Waals surface area contributed by atoms with Crippen LogP contribution >= 0.6 is 0 Å². The molecule has 1 aromatic rings. The molecule has 0 radical (unpaired) electrons. The van der Waals surface area contributed by atoms with Crippen LogP contribution in [-0.2, 0) is 4.79 Å². The number of halogens is 1. The molecule has 5 nitrogen and oxygen atoms in total. The lowest BCUT2D eigenvalue weighted by Gasteiger charge is -2.40. The van der Waals surface area contributed by atoms with Crippen LogP contribution in [0.4, 0.5) is 10.1 Å². The molecule has 30 heavy (non-hydrogen) atoms. The van der Waals surface area contributed by atoms with Crippen LogP contribution in [0.15, 0.2) is 30.4 Å². The Labute approximate surface area is 178 Å². The number of likely N-dealkylation sites (tertiary alicyclic amines) is 2. The van der Waals surface area contributed by atoms with Gasteiger partial charge in [-0.3, -0.25) is 9.59 Å². The molecule has 2 aliphatic heterocycles. The zero-order valence-electron chi connectivity index (χ0n) is 17.6. The Morgan fingerprint density at radius 3 is 2.40 bits per heavy atom. The standard InChI is InChI=1S/C24H32FN3O2/c25-20-15-19(16-21(17-20)26-23(29)18-7-3-1-4-8-18)24(30)28-13-9-22(10-14-28)27-11-5-2-6-12-27/h1,3,15-18,22H,2,4-14H2,(H,26,29). The number of hydrogen-bond acceptors (Lipinski definition) is 3. The van der Waals surface area contributed by atoms with Crippen molar-refractivity contribution in [3.8, 4) is 0 Å². The summed E-state index contributed by atoms with van der Waals surface area (Å²) < 4.78 is 14.2. The molecule has 1 aliphatic carbocycles. The highest BCUT2D eigenvalue weighted by Gasteiger charge is 2.28. The van der Waals surface area contributed by atoms with E-state index in [0.717, 1.165) is 25.7 Å². The van der Waals surface area contributed by atoms with Gasteiger partial charge in [0.05, 0.1) is 0 Å². The van der Waals surface area contributed by atoms with Crippen molar-refractivity contribution in [2.75, 3.05) is 31.5 Å². The van der Waals surface area contributed by atoms with E-state index in [-0.39, 0.29) is 17.7 Å². The highest BCUT2D eigenvalue weighted by atomic mass is 19.1. The van der Waals surface area contributed by atoms with Gasteiger partial charge in [-0.05, 0) is 76.2 Å². The summed E-state index contributed by atoms with van der Waals surface area (Å²) in [7, 11) is 0. The number of piperidine rings is 2. The molecule has 162 valence electrons. The Morgan fingerprint density at radius 2 is 1.70 bits per heavy atom. The van der Waals surface area contributed by atoms with E-state index in [9.17, 15) is 14.0 Å². The normalized spacial score (nSPS) is 23.4. The summed E-state index contributed by atoms with van der Waals surface area (Å²) in [6, 6.07) is 4.73. The average molecular weight is 414 g/mol. The van der Waals surface area contributed by atoms with E-state index in [2.05, 4.69) is 16.3 Å². The third-order valence-electron chi connectivity index (χ3n) is 6.71. The third kappa shape index (κ3) is 5.09. The van der Waals surface area contributed by atoms with Gasteiger partial charge in [-0.2, -0.15) is 0 Å². The summed E-state index contributed by atoms with van der Waals surface area (Å²) in [5, 5.41) is 2.81. The number of benzene rings is 1. The van der Waals surface area contributed by atoms with E-state index < -0.39 is 5.82 Å². The SMILES string of the molecule is O=C(Nc1cc(F)cc(C(=O)N2CCC(N3CCCCC3)CC2)c1)C1CC=CCC1. The van der Waals surface area contributed by atoms with Crippen LogP contribution in [0, 0.1) is 11.7 Å². The van der Waals surface area contributed by atoms with Crippen molar-refractivity contribution in [2.45, 2.75) is 57.4 Å². The summed E-state index contributed by atoms with van der Waals surface area (Å²) >= 11 is 0. The molecule has 4 rings (SSSR count). The van der Waals surface area contributed by atoms with E-state index in [4.69, 9.17) is 0 Å². The van der Waals surface area contributed by atoms with Gasteiger partial charge >= 0.3 is 0 Å². The summed E-state index contributed by atoms with van der Waals surface area (Å²) in [5.74, 6) is -0.845. The molecular formula is C24H32FN3O2. The third-order valence-corrected chi connectivity index (χ3v) is 6.71. The van der Waals surface area contributed by atoms with E-state index in [1.165, 1.54) is 44.5 Å². The van der Waals surface area contributed by atoms with Crippen molar-refractivity contribution in [3.63, 3.8) is 0 Å². The van der Waals surface area contributed by atoms with Crippen LogP contribution in [0.2, 0.25) is 0 Å². The van der Waals surface area contributed by atoms with Gasteiger partial charge in [0, 0.05) is 36.3 Å². The number of allylic oxidation sites excluding steroid dienone is 2. The Morgan fingerprint density at radius 1 is 0.933 bits per heavy atom. The Balaban J connectivity index is 1.37. The minimum atomic E-state index is -0.497. The Hall–Kier alpha value is -2.21. The molecule has 0 spiro atoms.